The van der Waals surface area contributed by atoms with Crippen molar-refractivity contribution in [2.24, 2.45) is 0 Å². The standard InChI is InChI=1S/C12H19N3O4S/c1-9(8-15-4-2-3-5-15)14-20(18,19)10-6-11(12(16)17)13-7-10/h6-7,9,13-14H,2-5,8H2,1H3,(H,16,17). The van der Waals surface area contributed by atoms with Gasteiger partial charge in [0.15, 0.2) is 0 Å². The number of carbonyl (C=O) groups is 1. The van der Waals surface area contributed by atoms with Crippen molar-refractivity contribution in [2.45, 2.75) is 30.7 Å². The summed E-state index contributed by atoms with van der Waals surface area (Å²) in [5.41, 5.74) is -0.141. The third-order valence-electron chi connectivity index (χ3n) is 3.28. The van der Waals surface area contributed by atoms with Gasteiger partial charge in [-0.15, -0.1) is 0 Å². The Labute approximate surface area is 118 Å². The fourth-order valence-corrected chi connectivity index (χ4v) is 3.60. The van der Waals surface area contributed by atoms with Crippen molar-refractivity contribution >= 4 is 16.0 Å². The van der Waals surface area contributed by atoms with Gasteiger partial charge in [0.2, 0.25) is 10.0 Å². The largest absolute Gasteiger partial charge is 0.477 e. The van der Waals surface area contributed by atoms with Crippen molar-refractivity contribution in [2.75, 3.05) is 19.6 Å². The molecule has 0 aromatic carbocycles. The number of aromatic amines is 1. The monoisotopic (exact) mass is 301 g/mol. The van der Waals surface area contributed by atoms with Gasteiger partial charge in [0.05, 0.1) is 0 Å². The van der Waals surface area contributed by atoms with Crippen LogP contribution in [0.4, 0.5) is 0 Å². The third kappa shape index (κ3) is 3.59. The van der Waals surface area contributed by atoms with Crippen LogP contribution in [0, 0.1) is 0 Å². The van der Waals surface area contributed by atoms with E-state index in [0.29, 0.717) is 6.54 Å². The van der Waals surface area contributed by atoms with Crippen LogP contribution >= 0.6 is 0 Å². The number of nitrogens with one attached hydrogen (secondary N) is 2. The fraction of sp³-hybridized carbons (Fsp3) is 0.583. The third-order valence-corrected chi connectivity index (χ3v) is 4.85. The van der Waals surface area contributed by atoms with Crippen LogP contribution in [-0.2, 0) is 10.0 Å². The molecule has 2 rings (SSSR count). The number of likely N-dealkylation sites (tertiary alicyclic amines) is 1. The molecule has 0 radical (unpaired) electrons. The van der Waals surface area contributed by atoms with Crippen LogP contribution < -0.4 is 4.72 Å². The number of nitrogens with zero attached hydrogens (tertiary/aromatic N) is 1. The van der Waals surface area contributed by atoms with Crippen LogP contribution in [-0.4, -0.2) is 55.1 Å². The lowest BCUT2D eigenvalue weighted by Gasteiger charge is -2.20. The Bertz CT molecular complexity index is 575. The molecule has 0 spiro atoms. The molecule has 1 atom stereocenters. The summed E-state index contributed by atoms with van der Waals surface area (Å²) in [6, 6.07) is 0.897. The highest BCUT2D eigenvalue weighted by molar-refractivity contribution is 7.89. The Morgan fingerprint density at radius 3 is 2.70 bits per heavy atom. The minimum atomic E-state index is -3.69. The molecule has 2 heterocycles. The van der Waals surface area contributed by atoms with Crippen LogP contribution in [0.1, 0.15) is 30.3 Å². The summed E-state index contributed by atoms with van der Waals surface area (Å²) >= 11 is 0. The van der Waals surface area contributed by atoms with Crippen LogP contribution in [0.3, 0.4) is 0 Å². The van der Waals surface area contributed by atoms with Crippen molar-refractivity contribution in [3.05, 3.63) is 18.0 Å². The van der Waals surface area contributed by atoms with Gasteiger partial charge in [0, 0.05) is 18.8 Å². The summed E-state index contributed by atoms with van der Waals surface area (Å²) < 4.78 is 26.8. The number of sulfonamides is 1. The topological polar surface area (TPSA) is 103 Å². The number of aromatic nitrogens is 1. The second-order valence-corrected chi connectivity index (χ2v) is 6.80. The Morgan fingerprint density at radius 1 is 1.50 bits per heavy atom. The molecule has 0 bridgehead atoms. The van der Waals surface area contributed by atoms with Gasteiger partial charge in [-0.3, -0.25) is 0 Å². The number of H-pyrrole nitrogens is 1. The van der Waals surface area contributed by atoms with E-state index in [4.69, 9.17) is 5.11 Å². The number of hydrogen-bond acceptors (Lipinski definition) is 4. The first-order chi connectivity index (χ1) is 9.38. The summed E-state index contributed by atoms with van der Waals surface area (Å²) in [5, 5.41) is 8.78. The van der Waals surface area contributed by atoms with E-state index >= 15 is 0 Å². The quantitative estimate of drug-likeness (QED) is 0.709. The molecule has 1 saturated heterocycles. The summed E-state index contributed by atoms with van der Waals surface area (Å²) in [6.07, 6.45) is 3.49. The van der Waals surface area contributed by atoms with Gasteiger partial charge in [-0.05, 0) is 38.9 Å². The zero-order valence-corrected chi connectivity index (χ0v) is 12.1. The summed E-state index contributed by atoms with van der Waals surface area (Å²) in [6.45, 7) is 4.47. The lowest BCUT2D eigenvalue weighted by Crippen LogP contribution is -2.40. The van der Waals surface area contributed by atoms with Gasteiger partial charge in [-0.25, -0.2) is 17.9 Å². The smallest absolute Gasteiger partial charge is 0.352 e. The van der Waals surface area contributed by atoms with E-state index in [-0.39, 0.29) is 16.6 Å². The highest BCUT2D eigenvalue weighted by Crippen LogP contribution is 2.12. The molecular formula is C12H19N3O4S. The Kier molecular flexibility index (Phi) is 4.46. The van der Waals surface area contributed by atoms with Gasteiger partial charge < -0.3 is 15.0 Å². The molecule has 1 aliphatic heterocycles. The van der Waals surface area contributed by atoms with Crippen molar-refractivity contribution in [3.63, 3.8) is 0 Å². The second-order valence-electron chi connectivity index (χ2n) is 5.08. The normalized spacial score (nSPS) is 18.2. The lowest BCUT2D eigenvalue weighted by molar-refractivity contribution is 0.0691. The zero-order chi connectivity index (χ0) is 14.8. The molecule has 8 heteroatoms. The molecule has 0 amide bonds. The van der Waals surface area contributed by atoms with Gasteiger partial charge >= 0.3 is 5.97 Å². The van der Waals surface area contributed by atoms with E-state index in [1.54, 1.807) is 6.92 Å². The first-order valence-corrected chi connectivity index (χ1v) is 8.03. The van der Waals surface area contributed by atoms with Crippen molar-refractivity contribution in [1.82, 2.24) is 14.6 Å². The predicted molar refractivity (Wildman–Crippen MR) is 73.2 cm³/mol. The molecule has 1 unspecified atom stereocenters. The maximum Gasteiger partial charge on any atom is 0.352 e. The minimum Gasteiger partial charge on any atom is -0.477 e. The molecule has 0 saturated carbocycles. The molecule has 1 fully saturated rings. The SMILES string of the molecule is CC(CN1CCCC1)NS(=O)(=O)c1c[nH]c(C(=O)O)c1. The average molecular weight is 301 g/mol. The predicted octanol–water partition coefficient (Wildman–Crippen LogP) is 0.476. The van der Waals surface area contributed by atoms with Gasteiger partial charge in [0.25, 0.3) is 0 Å². The molecule has 20 heavy (non-hydrogen) atoms. The molecule has 1 aliphatic rings. The summed E-state index contributed by atoms with van der Waals surface area (Å²) in [5.74, 6) is -1.18. The number of carboxylic acid groups (broad SMARTS) is 1. The second kappa shape index (κ2) is 5.94. The van der Waals surface area contributed by atoms with Crippen LogP contribution in [0.15, 0.2) is 17.2 Å². The fourth-order valence-electron chi connectivity index (χ4n) is 2.38. The maximum atomic E-state index is 12.1. The number of hydrogen-bond donors (Lipinski definition) is 3. The van der Waals surface area contributed by atoms with E-state index in [9.17, 15) is 13.2 Å². The van der Waals surface area contributed by atoms with Gasteiger partial charge in [-0.2, -0.15) is 0 Å². The Balaban J connectivity index is 2.00. The molecule has 3 N–H and O–H groups in total. The highest BCUT2D eigenvalue weighted by Gasteiger charge is 2.22. The maximum absolute atomic E-state index is 12.1. The molecule has 0 aliphatic carbocycles. The number of rotatable bonds is 6. The van der Waals surface area contributed by atoms with E-state index in [2.05, 4.69) is 14.6 Å². The number of aromatic carboxylic acids is 1. The summed E-state index contributed by atoms with van der Waals surface area (Å²) in [7, 11) is -3.69. The average Bonchev–Trinajstić information content (AvgIpc) is 2.97. The van der Waals surface area contributed by atoms with Gasteiger partial charge in [-0.1, -0.05) is 0 Å². The zero-order valence-electron chi connectivity index (χ0n) is 11.3. The van der Waals surface area contributed by atoms with E-state index in [0.717, 1.165) is 32.0 Å². The molecule has 112 valence electrons. The van der Waals surface area contributed by atoms with E-state index < -0.39 is 16.0 Å². The first kappa shape index (κ1) is 15.0. The van der Waals surface area contributed by atoms with Crippen LogP contribution in [0.2, 0.25) is 0 Å². The Morgan fingerprint density at radius 2 is 2.15 bits per heavy atom. The summed E-state index contributed by atoms with van der Waals surface area (Å²) in [4.78, 5) is 15.3. The van der Waals surface area contributed by atoms with Crippen molar-refractivity contribution < 1.29 is 18.3 Å². The first-order valence-electron chi connectivity index (χ1n) is 6.55. The molecule has 1 aromatic rings. The van der Waals surface area contributed by atoms with Crippen LogP contribution in [0.25, 0.3) is 0 Å². The minimum absolute atomic E-state index is 0.0526. The Hall–Kier alpha value is -1.38. The molecule has 1 aromatic heterocycles. The van der Waals surface area contributed by atoms with Crippen molar-refractivity contribution in [1.29, 1.82) is 0 Å². The van der Waals surface area contributed by atoms with Gasteiger partial charge in [0.1, 0.15) is 10.6 Å². The number of carboxylic acids is 1. The molecule has 7 nitrogen and oxygen atoms in total. The van der Waals surface area contributed by atoms with Crippen molar-refractivity contribution in [3.8, 4) is 0 Å². The van der Waals surface area contributed by atoms with Crippen LogP contribution in [0.5, 0.6) is 0 Å². The van der Waals surface area contributed by atoms with E-state index in [1.165, 1.54) is 6.20 Å². The molecular weight excluding hydrogens is 282 g/mol. The highest BCUT2D eigenvalue weighted by atomic mass is 32.2. The van der Waals surface area contributed by atoms with E-state index in [1.807, 2.05) is 0 Å². The lowest BCUT2D eigenvalue weighted by atomic mass is 10.3.